The summed E-state index contributed by atoms with van der Waals surface area (Å²) in [4.78, 5) is 28.3. The Hall–Kier alpha value is -2.24. The van der Waals surface area contributed by atoms with Crippen LogP contribution in [0.2, 0.25) is 0 Å². The molecule has 0 spiro atoms. The predicted octanol–water partition coefficient (Wildman–Crippen LogP) is 2.24. The van der Waals surface area contributed by atoms with E-state index in [9.17, 15) is 9.59 Å². The van der Waals surface area contributed by atoms with Gasteiger partial charge >= 0.3 is 6.03 Å². The van der Waals surface area contributed by atoms with E-state index in [1.807, 2.05) is 41.0 Å². The highest BCUT2D eigenvalue weighted by atomic mass is 16.5. The lowest BCUT2D eigenvalue weighted by Gasteiger charge is -2.24. The number of carbonyl (C=O) groups is 2. The fourth-order valence-electron chi connectivity index (χ4n) is 3.40. The molecule has 136 valence electrons. The van der Waals surface area contributed by atoms with Gasteiger partial charge < -0.3 is 19.9 Å². The molecule has 0 unspecified atom stereocenters. The molecule has 1 saturated carbocycles. The van der Waals surface area contributed by atoms with Crippen molar-refractivity contribution >= 4 is 11.9 Å². The number of hydrogen-bond donors (Lipinski definition) is 1. The lowest BCUT2D eigenvalue weighted by atomic mass is 10.1. The van der Waals surface area contributed by atoms with Crippen molar-refractivity contribution in [3.8, 4) is 5.75 Å². The van der Waals surface area contributed by atoms with Crippen molar-refractivity contribution in [2.24, 2.45) is 5.92 Å². The van der Waals surface area contributed by atoms with Gasteiger partial charge in [0.2, 0.25) is 5.91 Å². The van der Waals surface area contributed by atoms with Crippen molar-refractivity contribution in [1.82, 2.24) is 15.1 Å². The molecule has 1 saturated heterocycles. The molecule has 2 aliphatic rings. The minimum absolute atomic E-state index is 0.0456. The van der Waals surface area contributed by atoms with Crippen LogP contribution in [0.5, 0.6) is 5.75 Å². The number of ether oxygens (including phenoxy) is 1. The van der Waals surface area contributed by atoms with E-state index in [2.05, 4.69) is 5.32 Å². The molecule has 1 aromatic carbocycles. The second-order valence-electron chi connectivity index (χ2n) is 6.86. The summed E-state index contributed by atoms with van der Waals surface area (Å²) in [6, 6.07) is 8.07. The molecule has 1 aromatic rings. The van der Waals surface area contributed by atoms with Crippen LogP contribution in [-0.2, 0) is 11.3 Å². The molecule has 3 amide bonds. The molecule has 0 radical (unpaired) electrons. The van der Waals surface area contributed by atoms with Crippen molar-refractivity contribution in [1.29, 1.82) is 0 Å². The van der Waals surface area contributed by atoms with E-state index in [-0.39, 0.29) is 17.9 Å². The molecule has 1 heterocycles. The molecule has 1 aliphatic heterocycles. The average Bonchev–Trinajstić information content (AvgIpc) is 3.40. The Morgan fingerprint density at radius 3 is 2.76 bits per heavy atom. The number of rotatable bonds is 7. The Morgan fingerprint density at radius 2 is 2.12 bits per heavy atom. The van der Waals surface area contributed by atoms with Gasteiger partial charge in [0.05, 0.1) is 13.7 Å². The Labute approximate surface area is 149 Å². The van der Waals surface area contributed by atoms with Crippen LogP contribution < -0.4 is 10.1 Å². The molecular formula is C19H27N3O3. The Morgan fingerprint density at radius 1 is 1.36 bits per heavy atom. The maximum absolute atomic E-state index is 12.7. The number of nitrogens with zero attached hydrogens (tertiary/aromatic N) is 2. The lowest BCUT2D eigenvalue weighted by Crippen LogP contribution is -2.43. The normalized spacial score (nSPS) is 19.8. The molecule has 1 N–H and O–H groups in total. The standard InChI is InChI=1S/C19H27N3O3/c1-3-21-12-14(10-18(21)23)11-20-19(24)22(16-8-9-16)13-15-6-4-5-7-17(15)25-2/h4-7,14,16H,3,8-13H2,1-2H3,(H,20,24)/t14-/m0/s1. The maximum Gasteiger partial charge on any atom is 0.317 e. The van der Waals surface area contributed by atoms with Crippen molar-refractivity contribution in [2.45, 2.75) is 38.8 Å². The Kier molecular flexibility index (Phi) is 5.46. The van der Waals surface area contributed by atoms with Crippen LogP contribution in [0.25, 0.3) is 0 Å². The number of methoxy groups -OCH3 is 1. The SMILES string of the molecule is CCN1C[C@H](CNC(=O)N(Cc2ccccc2OC)C2CC2)CC1=O. The van der Waals surface area contributed by atoms with E-state index in [0.29, 0.717) is 25.6 Å². The van der Waals surface area contributed by atoms with Gasteiger partial charge in [-0.25, -0.2) is 4.79 Å². The third kappa shape index (κ3) is 4.24. The van der Waals surface area contributed by atoms with Gasteiger partial charge in [-0.3, -0.25) is 4.79 Å². The topological polar surface area (TPSA) is 61.9 Å². The van der Waals surface area contributed by atoms with Gasteiger partial charge in [-0.15, -0.1) is 0 Å². The molecule has 0 bridgehead atoms. The van der Waals surface area contributed by atoms with Crippen LogP contribution in [0.4, 0.5) is 4.79 Å². The first-order valence-corrected chi connectivity index (χ1v) is 9.06. The smallest absolute Gasteiger partial charge is 0.317 e. The first kappa shape index (κ1) is 17.6. The van der Waals surface area contributed by atoms with Crippen LogP contribution in [0, 0.1) is 5.92 Å². The van der Waals surface area contributed by atoms with Crippen molar-refractivity contribution in [3.05, 3.63) is 29.8 Å². The van der Waals surface area contributed by atoms with Gasteiger partial charge in [0, 0.05) is 43.6 Å². The molecule has 6 nitrogen and oxygen atoms in total. The van der Waals surface area contributed by atoms with Gasteiger partial charge in [0.1, 0.15) is 5.75 Å². The second kappa shape index (κ2) is 7.76. The molecule has 3 rings (SSSR count). The molecule has 0 aromatic heterocycles. The largest absolute Gasteiger partial charge is 0.496 e. The summed E-state index contributed by atoms with van der Waals surface area (Å²) in [7, 11) is 1.65. The fourth-order valence-corrected chi connectivity index (χ4v) is 3.40. The van der Waals surface area contributed by atoms with Crippen LogP contribution in [0.1, 0.15) is 31.7 Å². The molecule has 25 heavy (non-hydrogen) atoms. The molecule has 2 fully saturated rings. The number of nitrogens with one attached hydrogen (secondary N) is 1. The quantitative estimate of drug-likeness (QED) is 0.824. The van der Waals surface area contributed by atoms with Gasteiger partial charge in [-0.2, -0.15) is 0 Å². The first-order valence-electron chi connectivity index (χ1n) is 9.06. The number of likely N-dealkylation sites (tertiary alicyclic amines) is 1. The van der Waals surface area contributed by atoms with Crippen molar-refractivity contribution < 1.29 is 14.3 Å². The summed E-state index contributed by atoms with van der Waals surface area (Å²) >= 11 is 0. The number of carbonyl (C=O) groups excluding carboxylic acids is 2. The summed E-state index contributed by atoms with van der Waals surface area (Å²) in [6.45, 7) is 4.57. The zero-order valence-electron chi connectivity index (χ0n) is 15.0. The van der Waals surface area contributed by atoms with Crippen LogP contribution >= 0.6 is 0 Å². The van der Waals surface area contributed by atoms with Crippen LogP contribution in [0.15, 0.2) is 24.3 Å². The fraction of sp³-hybridized carbons (Fsp3) is 0.579. The lowest BCUT2D eigenvalue weighted by molar-refractivity contribution is -0.127. The highest BCUT2D eigenvalue weighted by Crippen LogP contribution is 2.30. The Balaban J connectivity index is 1.58. The predicted molar refractivity (Wildman–Crippen MR) is 95.3 cm³/mol. The second-order valence-corrected chi connectivity index (χ2v) is 6.86. The van der Waals surface area contributed by atoms with E-state index in [1.165, 1.54) is 0 Å². The minimum Gasteiger partial charge on any atom is -0.496 e. The van der Waals surface area contributed by atoms with E-state index < -0.39 is 0 Å². The highest BCUT2D eigenvalue weighted by Gasteiger charge is 2.34. The summed E-state index contributed by atoms with van der Waals surface area (Å²) in [5.74, 6) is 1.21. The number of urea groups is 1. The van der Waals surface area contributed by atoms with Crippen molar-refractivity contribution in [2.75, 3.05) is 26.7 Å². The monoisotopic (exact) mass is 345 g/mol. The molecule has 1 aliphatic carbocycles. The third-order valence-corrected chi connectivity index (χ3v) is 5.00. The van der Waals surface area contributed by atoms with E-state index in [4.69, 9.17) is 4.74 Å². The van der Waals surface area contributed by atoms with E-state index in [1.54, 1.807) is 7.11 Å². The average molecular weight is 345 g/mol. The molecular weight excluding hydrogens is 318 g/mol. The third-order valence-electron chi connectivity index (χ3n) is 5.00. The van der Waals surface area contributed by atoms with Crippen LogP contribution in [0.3, 0.4) is 0 Å². The Bertz CT molecular complexity index is 630. The number of hydrogen-bond acceptors (Lipinski definition) is 3. The van der Waals surface area contributed by atoms with Gasteiger partial charge in [0.15, 0.2) is 0 Å². The summed E-state index contributed by atoms with van der Waals surface area (Å²) in [5.41, 5.74) is 1.01. The summed E-state index contributed by atoms with van der Waals surface area (Å²) in [5, 5.41) is 3.04. The minimum atomic E-state index is -0.0456. The first-order chi connectivity index (χ1) is 12.1. The number of benzene rings is 1. The maximum atomic E-state index is 12.7. The summed E-state index contributed by atoms with van der Waals surface area (Å²) < 4.78 is 5.40. The molecule has 1 atom stereocenters. The van der Waals surface area contributed by atoms with Gasteiger partial charge in [-0.1, -0.05) is 18.2 Å². The van der Waals surface area contributed by atoms with Crippen LogP contribution in [-0.4, -0.2) is 54.5 Å². The van der Waals surface area contributed by atoms with Gasteiger partial charge in [0.25, 0.3) is 0 Å². The van der Waals surface area contributed by atoms with E-state index >= 15 is 0 Å². The zero-order valence-corrected chi connectivity index (χ0v) is 15.0. The van der Waals surface area contributed by atoms with Gasteiger partial charge in [-0.05, 0) is 25.8 Å². The zero-order chi connectivity index (χ0) is 17.8. The number of para-hydroxylation sites is 1. The highest BCUT2D eigenvalue weighted by molar-refractivity contribution is 5.79. The number of amides is 3. The van der Waals surface area contributed by atoms with Crippen molar-refractivity contribution in [3.63, 3.8) is 0 Å². The van der Waals surface area contributed by atoms with E-state index in [0.717, 1.165) is 37.2 Å². The summed E-state index contributed by atoms with van der Waals surface area (Å²) in [6.07, 6.45) is 2.63. The molecule has 6 heteroatoms.